The van der Waals surface area contributed by atoms with E-state index in [0.29, 0.717) is 11.5 Å². The van der Waals surface area contributed by atoms with Gasteiger partial charge >= 0.3 is 5.97 Å². The summed E-state index contributed by atoms with van der Waals surface area (Å²) in [5.74, 6) is -0.470. The molecule has 0 fully saturated rings. The normalized spacial score (nSPS) is 12.1. The zero-order valence-corrected chi connectivity index (χ0v) is 9.88. The summed E-state index contributed by atoms with van der Waals surface area (Å²) < 4.78 is 0. The minimum atomic E-state index is -0.829. The van der Waals surface area contributed by atoms with E-state index in [-0.39, 0.29) is 0 Å². The van der Waals surface area contributed by atoms with Gasteiger partial charge in [-0.05, 0) is 30.2 Å². The topological polar surface area (TPSA) is 37.3 Å². The minimum Gasteiger partial charge on any atom is -0.478 e. The summed E-state index contributed by atoms with van der Waals surface area (Å²) in [5, 5.41) is 11.0. The Hall–Kier alpha value is -1.09. The van der Waals surface area contributed by atoms with Crippen LogP contribution in [0.25, 0.3) is 5.57 Å². The highest BCUT2D eigenvalue weighted by Gasteiger charge is 2.13. The van der Waals surface area contributed by atoms with Gasteiger partial charge in [-0.1, -0.05) is 26.0 Å². The molecule has 0 unspecified atom stereocenters. The number of carboxylic acid groups (broad SMARTS) is 1. The first-order valence-electron chi connectivity index (χ1n) is 5.18. The van der Waals surface area contributed by atoms with Crippen LogP contribution < -0.4 is 0 Å². The van der Waals surface area contributed by atoms with Crippen LogP contribution in [0.15, 0.2) is 23.6 Å². The van der Waals surface area contributed by atoms with Crippen molar-refractivity contribution in [3.63, 3.8) is 0 Å². The summed E-state index contributed by atoms with van der Waals surface area (Å²) in [6.07, 6.45) is 3.85. The van der Waals surface area contributed by atoms with Crippen LogP contribution in [-0.2, 0) is 4.79 Å². The third-order valence-corrected chi connectivity index (χ3v) is 3.37. The van der Waals surface area contributed by atoms with E-state index in [9.17, 15) is 4.79 Å². The SMILES string of the molecule is CCC(C=C(C(=O)O)c1cccs1)CC. The van der Waals surface area contributed by atoms with Gasteiger partial charge in [-0.3, -0.25) is 0 Å². The second-order valence-electron chi connectivity index (χ2n) is 3.44. The summed E-state index contributed by atoms with van der Waals surface area (Å²) in [6, 6.07) is 3.73. The van der Waals surface area contributed by atoms with Crippen LogP contribution in [-0.4, -0.2) is 11.1 Å². The molecule has 3 heteroatoms. The second kappa shape index (κ2) is 5.71. The molecule has 1 rings (SSSR count). The van der Waals surface area contributed by atoms with Crippen molar-refractivity contribution >= 4 is 22.9 Å². The van der Waals surface area contributed by atoms with E-state index in [4.69, 9.17) is 5.11 Å². The standard InChI is InChI=1S/C12H16O2S/c1-3-9(4-2)8-10(12(13)14)11-6-5-7-15-11/h5-9H,3-4H2,1-2H3,(H,13,14). The number of rotatable bonds is 5. The molecule has 0 aliphatic carbocycles. The lowest BCUT2D eigenvalue weighted by molar-refractivity contribution is -0.130. The second-order valence-corrected chi connectivity index (χ2v) is 4.39. The highest BCUT2D eigenvalue weighted by Crippen LogP contribution is 2.24. The molecule has 0 aliphatic rings. The van der Waals surface area contributed by atoms with Crippen LogP contribution in [0.5, 0.6) is 0 Å². The average Bonchev–Trinajstić information content (AvgIpc) is 2.72. The van der Waals surface area contributed by atoms with E-state index in [0.717, 1.165) is 17.7 Å². The Morgan fingerprint density at radius 2 is 2.20 bits per heavy atom. The zero-order valence-electron chi connectivity index (χ0n) is 9.06. The molecule has 1 heterocycles. The van der Waals surface area contributed by atoms with Crippen LogP contribution in [0.2, 0.25) is 0 Å². The molecule has 0 bridgehead atoms. The van der Waals surface area contributed by atoms with Crippen LogP contribution in [0.4, 0.5) is 0 Å². The van der Waals surface area contributed by atoms with Gasteiger partial charge in [-0.2, -0.15) is 0 Å². The molecule has 0 aliphatic heterocycles. The van der Waals surface area contributed by atoms with Gasteiger partial charge in [0.15, 0.2) is 0 Å². The van der Waals surface area contributed by atoms with Gasteiger partial charge in [0.05, 0.1) is 5.57 Å². The Balaban J connectivity index is 2.97. The van der Waals surface area contributed by atoms with Crippen molar-refractivity contribution in [3.05, 3.63) is 28.5 Å². The van der Waals surface area contributed by atoms with Gasteiger partial charge in [0.1, 0.15) is 0 Å². The van der Waals surface area contributed by atoms with Gasteiger partial charge in [-0.15, -0.1) is 11.3 Å². The minimum absolute atomic E-state index is 0.359. The lowest BCUT2D eigenvalue weighted by atomic mass is 9.99. The quantitative estimate of drug-likeness (QED) is 0.775. The molecule has 15 heavy (non-hydrogen) atoms. The number of hydrogen-bond donors (Lipinski definition) is 1. The van der Waals surface area contributed by atoms with Crippen molar-refractivity contribution in [2.45, 2.75) is 26.7 Å². The first-order chi connectivity index (χ1) is 7.19. The first kappa shape index (κ1) is 12.0. The van der Waals surface area contributed by atoms with Crippen LogP contribution >= 0.6 is 11.3 Å². The number of aliphatic carboxylic acids is 1. The number of carbonyl (C=O) groups is 1. The molecule has 0 radical (unpaired) electrons. The van der Waals surface area contributed by atoms with Crippen molar-refractivity contribution in [2.75, 3.05) is 0 Å². The fourth-order valence-electron chi connectivity index (χ4n) is 1.45. The Labute approximate surface area is 94.3 Å². The maximum Gasteiger partial charge on any atom is 0.336 e. The number of carboxylic acids is 1. The lowest BCUT2D eigenvalue weighted by Crippen LogP contribution is -2.02. The largest absolute Gasteiger partial charge is 0.478 e. The Kier molecular flexibility index (Phi) is 4.56. The maximum atomic E-state index is 11.1. The fourth-order valence-corrected chi connectivity index (χ4v) is 2.19. The van der Waals surface area contributed by atoms with E-state index in [2.05, 4.69) is 13.8 Å². The molecule has 2 nitrogen and oxygen atoms in total. The highest BCUT2D eigenvalue weighted by molar-refractivity contribution is 7.11. The Morgan fingerprint density at radius 1 is 1.53 bits per heavy atom. The van der Waals surface area contributed by atoms with Gasteiger partial charge in [0.2, 0.25) is 0 Å². The van der Waals surface area contributed by atoms with Crippen molar-refractivity contribution in [2.24, 2.45) is 5.92 Å². The summed E-state index contributed by atoms with van der Waals surface area (Å²) >= 11 is 1.47. The van der Waals surface area contributed by atoms with Gasteiger partial charge in [0, 0.05) is 4.88 Å². The molecule has 0 atom stereocenters. The van der Waals surface area contributed by atoms with E-state index in [1.54, 1.807) is 0 Å². The highest BCUT2D eigenvalue weighted by atomic mass is 32.1. The molecular weight excluding hydrogens is 208 g/mol. The smallest absolute Gasteiger partial charge is 0.336 e. The number of hydrogen-bond acceptors (Lipinski definition) is 2. The summed E-state index contributed by atoms with van der Waals surface area (Å²) in [7, 11) is 0. The lowest BCUT2D eigenvalue weighted by Gasteiger charge is -2.07. The zero-order chi connectivity index (χ0) is 11.3. The van der Waals surface area contributed by atoms with Crippen molar-refractivity contribution in [3.8, 4) is 0 Å². The summed E-state index contributed by atoms with van der Waals surface area (Å²) in [6.45, 7) is 4.16. The third kappa shape index (κ3) is 3.20. The van der Waals surface area contributed by atoms with Crippen molar-refractivity contribution in [1.82, 2.24) is 0 Å². The molecule has 0 saturated heterocycles. The van der Waals surface area contributed by atoms with Gasteiger partial charge < -0.3 is 5.11 Å². The predicted octanol–water partition coefficient (Wildman–Crippen LogP) is 3.65. The molecule has 1 N–H and O–H groups in total. The van der Waals surface area contributed by atoms with E-state index < -0.39 is 5.97 Å². The monoisotopic (exact) mass is 224 g/mol. The Bertz CT molecular complexity index is 335. The molecular formula is C12H16O2S. The van der Waals surface area contributed by atoms with E-state index in [1.807, 2.05) is 23.6 Å². The molecule has 0 aromatic carbocycles. The van der Waals surface area contributed by atoms with Gasteiger partial charge in [0.25, 0.3) is 0 Å². The average molecular weight is 224 g/mol. The number of allylic oxidation sites excluding steroid dienone is 1. The fraction of sp³-hybridized carbons (Fsp3) is 0.417. The van der Waals surface area contributed by atoms with E-state index in [1.165, 1.54) is 11.3 Å². The molecule has 1 aromatic rings. The van der Waals surface area contributed by atoms with E-state index >= 15 is 0 Å². The van der Waals surface area contributed by atoms with Crippen LogP contribution in [0.1, 0.15) is 31.6 Å². The summed E-state index contributed by atoms with van der Waals surface area (Å²) in [4.78, 5) is 11.9. The van der Waals surface area contributed by atoms with Crippen molar-refractivity contribution in [1.29, 1.82) is 0 Å². The molecule has 0 saturated carbocycles. The molecule has 0 amide bonds. The molecule has 82 valence electrons. The predicted molar refractivity (Wildman–Crippen MR) is 64.0 cm³/mol. The first-order valence-corrected chi connectivity index (χ1v) is 6.06. The molecule has 0 spiro atoms. The van der Waals surface area contributed by atoms with Gasteiger partial charge in [-0.25, -0.2) is 4.79 Å². The maximum absolute atomic E-state index is 11.1. The third-order valence-electron chi connectivity index (χ3n) is 2.47. The van der Waals surface area contributed by atoms with Crippen molar-refractivity contribution < 1.29 is 9.90 Å². The molecule has 1 aromatic heterocycles. The van der Waals surface area contributed by atoms with Crippen LogP contribution in [0.3, 0.4) is 0 Å². The summed E-state index contributed by atoms with van der Waals surface area (Å²) in [5.41, 5.74) is 0.443. The van der Waals surface area contributed by atoms with Crippen LogP contribution in [0, 0.1) is 5.92 Å². The number of thiophene rings is 1. The Morgan fingerprint density at radius 3 is 2.60 bits per heavy atom.